The lowest BCUT2D eigenvalue weighted by Crippen LogP contribution is -2.48. The summed E-state index contributed by atoms with van der Waals surface area (Å²) >= 11 is 0. The minimum absolute atomic E-state index is 0.111. The SMILES string of the molecule is COc1ccc(C(=O)N2CCN(Cc3ccccc3)CC2)cc1C. The quantitative estimate of drug-likeness (QED) is 0.867. The highest BCUT2D eigenvalue weighted by atomic mass is 16.5. The smallest absolute Gasteiger partial charge is 0.253 e. The van der Waals surface area contributed by atoms with Crippen molar-refractivity contribution in [2.75, 3.05) is 33.3 Å². The van der Waals surface area contributed by atoms with Crippen molar-refractivity contribution in [3.63, 3.8) is 0 Å². The molecule has 2 aromatic carbocycles. The third-order valence-electron chi connectivity index (χ3n) is 4.55. The molecule has 1 aliphatic heterocycles. The van der Waals surface area contributed by atoms with Crippen molar-refractivity contribution in [1.29, 1.82) is 0 Å². The Hall–Kier alpha value is -2.33. The summed E-state index contributed by atoms with van der Waals surface area (Å²) in [5.41, 5.74) is 3.05. The van der Waals surface area contributed by atoms with Gasteiger partial charge in [-0.05, 0) is 36.2 Å². The molecule has 1 saturated heterocycles. The number of piperazine rings is 1. The van der Waals surface area contributed by atoms with E-state index in [1.165, 1.54) is 5.56 Å². The molecule has 0 unspecified atom stereocenters. The summed E-state index contributed by atoms with van der Waals surface area (Å²) in [5.74, 6) is 0.930. The molecule has 1 heterocycles. The fourth-order valence-corrected chi connectivity index (χ4v) is 3.14. The van der Waals surface area contributed by atoms with Gasteiger partial charge in [0.25, 0.3) is 5.91 Å². The first-order valence-electron chi connectivity index (χ1n) is 8.37. The maximum Gasteiger partial charge on any atom is 0.253 e. The second-order valence-corrected chi connectivity index (χ2v) is 6.24. The Morgan fingerprint density at radius 3 is 2.38 bits per heavy atom. The van der Waals surface area contributed by atoms with Crippen LogP contribution in [0.4, 0.5) is 0 Å². The average Bonchev–Trinajstić information content (AvgIpc) is 2.62. The van der Waals surface area contributed by atoms with Gasteiger partial charge in [0.2, 0.25) is 0 Å². The van der Waals surface area contributed by atoms with Gasteiger partial charge in [0.1, 0.15) is 5.75 Å². The minimum atomic E-state index is 0.111. The summed E-state index contributed by atoms with van der Waals surface area (Å²) in [6.07, 6.45) is 0. The van der Waals surface area contributed by atoms with E-state index in [0.717, 1.165) is 49.6 Å². The number of hydrogen-bond acceptors (Lipinski definition) is 3. The van der Waals surface area contributed by atoms with Crippen LogP contribution >= 0.6 is 0 Å². The van der Waals surface area contributed by atoms with Crippen LogP contribution in [0.3, 0.4) is 0 Å². The van der Waals surface area contributed by atoms with Crippen molar-refractivity contribution in [1.82, 2.24) is 9.80 Å². The van der Waals surface area contributed by atoms with Gasteiger partial charge in [-0.1, -0.05) is 30.3 Å². The van der Waals surface area contributed by atoms with Gasteiger partial charge in [0.15, 0.2) is 0 Å². The van der Waals surface area contributed by atoms with E-state index in [2.05, 4.69) is 29.2 Å². The summed E-state index contributed by atoms with van der Waals surface area (Å²) in [6.45, 7) is 6.29. The normalized spacial score (nSPS) is 15.3. The number of carbonyl (C=O) groups is 1. The predicted molar refractivity (Wildman–Crippen MR) is 95.4 cm³/mol. The van der Waals surface area contributed by atoms with E-state index in [-0.39, 0.29) is 5.91 Å². The molecule has 1 aliphatic rings. The Kier molecular flexibility index (Phi) is 5.16. The number of hydrogen-bond donors (Lipinski definition) is 0. The standard InChI is InChI=1S/C20H24N2O2/c1-16-14-18(8-9-19(16)24-2)20(23)22-12-10-21(11-13-22)15-17-6-4-3-5-7-17/h3-9,14H,10-13,15H2,1-2H3. The molecule has 0 spiro atoms. The van der Waals surface area contributed by atoms with Crippen LogP contribution in [-0.2, 0) is 6.54 Å². The van der Waals surface area contributed by atoms with Crippen LogP contribution in [0.15, 0.2) is 48.5 Å². The molecular formula is C20H24N2O2. The third-order valence-corrected chi connectivity index (χ3v) is 4.55. The number of ether oxygens (including phenoxy) is 1. The van der Waals surface area contributed by atoms with Crippen LogP contribution < -0.4 is 4.74 Å². The van der Waals surface area contributed by atoms with Crippen molar-refractivity contribution in [2.24, 2.45) is 0 Å². The van der Waals surface area contributed by atoms with Gasteiger partial charge in [-0.3, -0.25) is 9.69 Å². The summed E-state index contributed by atoms with van der Waals surface area (Å²) < 4.78 is 5.26. The van der Waals surface area contributed by atoms with Gasteiger partial charge in [0.05, 0.1) is 7.11 Å². The van der Waals surface area contributed by atoms with Gasteiger partial charge in [-0.2, -0.15) is 0 Å². The molecular weight excluding hydrogens is 300 g/mol. The number of carbonyl (C=O) groups excluding carboxylic acids is 1. The molecule has 0 atom stereocenters. The first-order chi connectivity index (χ1) is 11.7. The monoisotopic (exact) mass is 324 g/mol. The van der Waals surface area contributed by atoms with Crippen molar-refractivity contribution in [2.45, 2.75) is 13.5 Å². The van der Waals surface area contributed by atoms with Gasteiger partial charge in [-0.15, -0.1) is 0 Å². The molecule has 0 N–H and O–H groups in total. The van der Waals surface area contributed by atoms with E-state index in [9.17, 15) is 4.79 Å². The Morgan fingerprint density at radius 1 is 1.04 bits per heavy atom. The fourth-order valence-electron chi connectivity index (χ4n) is 3.14. The first-order valence-corrected chi connectivity index (χ1v) is 8.37. The molecule has 0 aliphatic carbocycles. The summed E-state index contributed by atoms with van der Waals surface area (Å²) in [5, 5.41) is 0. The zero-order chi connectivity index (χ0) is 16.9. The highest BCUT2D eigenvalue weighted by molar-refractivity contribution is 5.94. The summed E-state index contributed by atoms with van der Waals surface area (Å²) in [6, 6.07) is 16.1. The molecule has 0 aromatic heterocycles. The van der Waals surface area contributed by atoms with Crippen molar-refractivity contribution in [3.8, 4) is 5.75 Å². The lowest BCUT2D eigenvalue weighted by atomic mass is 10.1. The Labute approximate surface area is 143 Å². The van der Waals surface area contributed by atoms with E-state index in [4.69, 9.17) is 4.74 Å². The lowest BCUT2D eigenvalue weighted by molar-refractivity contribution is 0.0628. The summed E-state index contributed by atoms with van der Waals surface area (Å²) in [7, 11) is 1.65. The molecule has 4 nitrogen and oxygen atoms in total. The number of rotatable bonds is 4. The van der Waals surface area contributed by atoms with Crippen molar-refractivity contribution < 1.29 is 9.53 Å². The van der Waals surface area contributed by atoms with E-state index in [1.54, 1.807) is 7.11 Å². The fraction of sp³-hybridized carbons (Fsp3) is 0.350. The Balaban J connectivity index is 1.58. The molecule has 1 fully saturated rings. The van der Waals surface area contributed by atoms with Crippen molar-refractivity contribution in [3.05, 3.63) is 65.2 Å². The van der Waals surface area contributed by atoms with Crippen molar-refractivity contribution >= 4 is 5.91 Å². The molecule has 0 bridgehead atoms. The van der Waals surface area contributed by atoms with Crippen LogP contribution in [0.5, 0.6) is 5.75 Å². The molecule has 1 amide bonds. The third kappa shape index (κ3) is 3.77. The number of aryl methyl sites for hydroxylation is 1. The zero-order valence-corrected chi connectivity index (χ0v) is 14.4. The van der Waals surface area contributed by atoms with Crippen LogP contribution in [0.2, 0.25) is 0 Å². The van der Waals surface area contributed by atoms with Crippen LogP contribution in [-0.4, -0.2) is 49.0 Å². The Bertz CT molecular complexity index is 692. The van der Waals surface area contributed by atoms with E-state index in [1.807, 2.05) is 36.1 Å². The lowest BCUT2D eigenvalue weighted by Gasteiger charge is -2.34. The second kappa shape index (κ2) is 7.49. The number of amides is 1. The minimum Gasteiger partial charge on any atom is -0.496 e. The maximum atomic E-state index is 12.7. The first kappa shape index (κ1) is 16.5. The average molecular weight is 324 g/mol. The van der Waals surface area contributed by atoms with Gasteiger partial charge >= 0.3 is 0 Å². The molecule has 3 rings (SSSR count). The molecule has 0 saturated carbocycles. The zero-order valence-electron chi connectivity index (χ0n) is 14.4. The Morgan fingerprint density at radius 2 is 1.75 bits per heavy atom. The maximum absolute atomic E-state index is 12.7. The number of nitrogens with zero attached hydrogens (tertiary/aromatic N) is 2. The molecule has 2 aromatic rings. The number of methoxy groups -OCH3 is 1. The molecule has 4 heteroatoms. The van der Waals surface area contributed by atoms with E-state index in [0.29, 0.717) is 0 Å². The van der Waals surface area contributed by atoms with E-state index >= 15 is 0 Å². The second-order valence-electron chi connectivity index (χ2n) is 6.24. The summed E-state index contributed by atoms with van der Waals surface area (Å²) in [4.78, 5) is 17.0. The highest BCUT2D eigenvalue weighted by Crippen LogP contribution is 2.20. The predicted octanol–water partition coefficient (Wildman–Crippen LogP) is 2.96. The largest absolute Gasteiger partial charge is 0.496 e. The van der Waals surface area contributed by atoms with Crippen LogP contribution in [0.25, 0.3) is 0 Å². The van der Waals surface area contributed by atoms with Crippen LogP contribution in [0.1, 0.15) is 21.5 Å². The molecule has 126 valence electrons. The van der Waals surface area contributed by atoms with E-state index < -0.39 is 0 Å². The van der Waals surface area contributed by atoms with Gasteiger partial charge < -0.3 is 9.64 Å². The highest BCUT2D eigenvalue weighted by Gasteiger charge is 2.22. The molecule has 0 radical (unpaired) electrons. The topological polar surface area (TPSA) is 32.8 Å². The van der Waals surface area contributed by atoms with Gasteiger partial charge in [-0.25, -0.2) is 0 Å². The van der Waals surface area contributed by atoms with Crippen LogP contribution in [0, 0.1) is 6.92 Å². The molecule has 24 heavy (non-hydrogen) atoms. The number of benzene rings is 2. The van der Waals surface area contributed by atoms with Gasteiger partial charge in [0, 0.05) is 38.3 Å².